The predicted octanol–water partition coefficient (Wildman–Crippen LogP) is 3.32. The summed E-state index contributed by atoms with van der Waals surface area (Å²) in [5.74, 6) is 0. The number of rotatable bonds is 12. The van der Waals surface area contributed by atoms with Gasteiger partial charge in [0.05, 0.1) is 18.1 Å². The molecule has 0 radical (unpaired) electrons. The van der Waals surface area contributed by atoms with Crippen LogP contribution < -0.4 is 5.30 Å². The van der Waals surface area contributed by atoms with E-state index in [2.05, 4.69) is 48.5 Å². The molecule has 0 N–H and O–H groups in total. The summed E-state index contributed by atoms with van der Waals surface area (Å²) in [6, 6.07) is 21.0. The van der Waals surface area contributed by atoms with Crippen LogP contribution in [-0.2, 0) is 20.9 Å². The summed E-state index contributed by atoms with van der Waals surface area (Å²) in [7, 11) is 0.271. The topological polar surface area (TPSA) is 27.7 Å². The molecule has 0 fully saturated rings. The van der Waals surface area contributed by atoms with E-state index in [1.165, 1.54) is 10.9 Å². The Hall–Kier alpha value is -1.25. The Morgan fingerprint density at radius 1 is 0.696 bits per heavy atom. The number of hydrogen-bond donors (Lipinski definition) is 0. The Labute approximate surface area is 140 Å². The van der Waals surface area contributed by atoms with Gasteiger partial charge in [-0.2, -0.15) is 0 Å². The molecule has 0 bridgehead atoms. The van der Waals surface area contributed by atoms with E-state index in [1.807, 2.05) is 12.1 Å². The minimum absolute atomic E-state index is 0.271. The first-order valence-electron chi connectivity index (χ1n) is 8.19. The minimum atomic E-state index is 0.271. The van der Waals surface area contributed by atoms with E-state index >= 15 is 0 Å². The molecule has 0 aliphatic heterocycles. The highest BCUT2D eigenvalue weighted by atomic mass is 31.1. The summed E-state index contributed by atoms with van der Waals surface area (Å²) in [5, 5.41) is 1.41. The molecule has 0 spiro atoms. The molecule has 3 nitrogen and oxygen atoms in total. The molecular weight excluding hydrogens is 307 g/mol. The summed E-state index contributed by atoms with van der Waals surface area (Å²) in [5.41, 5.74) is 1.36. The highest BCUT2D eigenvalue weighted by Gasteiger charge is 1.99. The summed E-state index contributed by atoms with van der Waals surface area (Å²) >= 11 is 0. The van der Waals surface area contributed by atoms with Crippen molar-refractivity contribution in [2.75, 3.05) is 32.6 Å². The van der Waals surface area contributed by atoms with E-state index in [9.17, 15) is 0 Å². The zero-order chi connectivity index (χ0) is 16.0. The van der Waals surface area contributed by atoms with Crippen molar-refractivity contribution in [3.05, 3.63) is 66.2 Å². The molecule has 124 valence electrons. The second-order valence-corrected chi connectivity index (χ2v) is 6.90. The van der Waals surface area contributed by atoms with E-state index in [-0.39, 0.29) is 8.58 Å². The smallest absolute Gasteiger partial charge is 0.116 e. The van der Waals surface area contributed by atoms with Gasteiger partial charge in [0.1, 0.15) is 13.2 Å². The lowest BCUT2D eigenvalue weighted by Crippen LogP contribution is -2.08. The van der Waals surface area contributed by atoms with Gasteiger partial charge in [0.25, 0.3) is 0 Å². The first-order chi connectivity index (χ1) is 11.4. The van der Waals surface area contributed by atoms with Crippen molar-refractivity contribution >= 4 is 13.9 Å². The van der Waals surface area contributed by atoms with Gasteiger partial charge in [0.2, 0.25) is 0 Å². The Morgan fingerprint density at radius 3 is 2.17 bits per heavy atom. The highest BCUT2D eigenvalue weighted by Crippen LogP contribution is 2.08. The van der Waals surface area contributed by atoms with Gasteiger partial charge in [0.15, 0.2) is 0 Å². The quantitative estimate of drug-likeness (QED) is 0.258. The third kappa shape index (κ3) is 8.83. The molecule has 0 amide bonds. The second-order valence-electron chi connectivity index (χ2n) is 5.25. The first-order valence-corrected chi connectivity index (χ1v) is 9.59. The maximum Gasteiger partial charge on any atom is 0.116 e. The van der Waals surface area contributed by atoms with Crippen LogP contribution in [0.3, 0.4) is 0 Å². The highest BCUT2D eigenvalue weighted by molar-refractivity contribution is 7.47. The molecule has 0 aliphatic rings. The lowest BCUT2D eigenvalue weighted by molar-refractivity contribution is -0.295. The molecule has 0 aromatic heterocycles. The third-order valence-electron chi connectivity index (χ3n) is 3.37. The summed E-state index contributed by atoms with van der Waals surface area (Å²) in [6.07, 6.45) is 3.13. The second kappa shape index (κ2) is 12.2. The van der Waals surface area contributed by atoms with Gasteiger partial charge in [-0.1, -0.05) is 48.5 Å². The molecule has 0 saturated carbocycles. The van der Waals surface area contributed by atoms with Gasteiger partial charge in [0, 0.05) is 15.2 Å². The molecule has 1 unspecified atom stereocenters. The standard InChI is InChI=1S/C19H25O3P/c1-3-8-18(9-4-1)10-7-13-20-14-15-21-22-16-17-23-19-11-5-2-6-12-19/h1-6,8-9,11-12,23H,7,10,13-17H2/p+1. The van der Waals surface area contributed by atoms with Crippen LogP contribution in [0.5, 0.6) is 0 Å². The number of hydrogen-bond acceptors (Lipinski definition) is 3. The first kappa shape index (κ1) is 18.1. The zero-order valence-corrected chi connectivity index (χ0v) is 14.7. The van der Waals surface area contributed by atoms with Crippen LogP contribution >= 0.6 is 8.58 Å². The van der Waals surface area contributed by atoms with E-state index in [0.29, 0.717) is 19.8 Å². The van der Waals surface area contributed by atoms with Gasteiger partial charge in [-0.05, 0) is 30.5 Å². The van der Waals surface area contributed by atoms with Crippen molar-refractivity contribution in [2.45, 2.75) is 12.8 Å². The lowest BCUT2D eigenvalue weighted by atomic mass is 10.1. The number of ether oxygens (including phenoxy) is 1. The minimum Gasteiger partial charge on any atom is -0.379 e. The fourth-order valence-electron chi connectivity index (χ4n) is 2.20. The van der Waals surface area contributed by atoms with Crippen LogP contribution in [0.1, 0.15) is 12.0 Å². The van der Waals surface area contributed by atoms with Crippen LogP contribution in [0, 0.1) is 0 Å². The van der Waals surface area contributed by atoms with E-state index in [0.717, 1.165) is 25.6 Å². The molecule has 2 rings (SSSR count). The molecule has 1 atom stereocenters. The van der Waals surface area contributed by atoms with Gasteiger partial charge >= 0.3 is 0 Å². The van der Waals surface area contributed by atoms with Crippen LogP contribution in [0.2, 0.25) is 0 Å². The van der Waals surface area contributed by atoms with E-state index in [4.69, 9.17) is 14.5 Å². The summed E-state index contributed by atoms with van der Waals surface area (Å²) in [4.78, 5) is 10.3. The molecule has 2 aromatic rings. The third-order valence-corrected chi connectivity index (χ3v) is 4.75. The lowest BCUT2D eigenvalue weighted by Gasteiger charge is -2.05. The van der Waals surface area contributed by atoms with E-state index in [1.54, 1.807) is 0 Å². The molecule has 23 heavy (non-hydrogen) atoms. The maximum atomic E-state index is 5.53. The molecular formula is C19H26O3P+. The van der Waals surface area contributed by atoms with Crippen molar-refractivity contribution in [3.63, 3.8) is 0 Å². The van der Waals surface area contributed by atoms with Gasteiger partial charge in [-0.15, -0.1) is 0 Å². The predicted molar refractivity (Wildman–Crippen MR) is 98.1 cm³/mol. The van der Waals surface area contributed by atoms with Crippen molar-refractivity contribution in [3.8, 4) is 0 Å². The Balaban J connectivity index is 1.34. The molecule has 0 aliphatic carbocycles. The molecule has 2 aromatic carbocycles. The van der Waals surface area contributed by atoms with Crippen molar-refractivity contribution < 1.29 is 14.5 Å². The Morgan fingerprint density at radius 2 is 1.39 bits per heavy atom. The zero-order valence-electron chi connectivity index (χ0n) is 13.5. The molecule has 0 saturated heterocycles. The maximum absolute atomic E-state index is 5.53. The molecule has 4 heteroatoms. The number of benzene rings is 2. The van der Waals surface area contributed by atoms with Gasteiger partial charge in [-0.3, -0.25) is 0 Å². The fourth-order valence-corrected chi connectivity index (χ4v) is 3.24. The molecule has 0 heterocycles. The summed E-state index contributed by atoms with van der Waals surface area (Å²) < 4.78 is 5.53. The largest absolute Gasteiger partial charge is 0.379 e. The fraction of sp³-hybridized carbons (Fsp3) is 0.368. The van der Waals surface area contributed by atoms with Crippen LogP contribution in [0.15, 0.2) is 60.7 Å². The van der Waals surface area contributed by atoms with Gasteiger partial charge < -0.3 is 4.74 Å². The average Bonchev–Trinajstić information content (AvgIpc) is 2.61. The summed E-state index contributed by atoms with van der Waals surface area (Å²) in [6.45, 7) is 2.49. The Kier molecular flexibility index (Phi) is 9.60. The van der Waals surface area contributed by atoms with Crippen molar-refractivity contribution in [1.82, 2.24) is 0 Å². The Bertz CT molecular complexity index is 457. The normalized spacial score (nSPS) is 11.3. The van der Waals surface area contributed by atoms with Gasteiger partial charge in [-0.25, -0.2) is 9.78 Å². The van der Waals surface area contributed by atoms with Crippen LogP contribution in [0.4, 0.5) is 0 Å². The average molecular weight is 333 g/mol. The van der Waals surface area contributed by atoms with Crippen molar-refractivity contribution in [1.29, 1.82) is 0 Å². The SMILES string of the molecule is c1ccc(CCCOCCOOCC[PH2+]c2ccccc2)cc1. The van der Waals surface area contributed by atoms with E-state index < -0.39 is 0 Å². The number of aryl methyl sites for hydroxylation is 1. The van der Waals surface area contributed by atoms with Crippen LogP contribution in [-0.4, -0.2) is 32.6 Å². The van der Waals surface area contributed by atoms with Crippen molar-refractivity contribution in [2.24, 2.45) is 0 Å². The monoisotopic (exact) mass is 333 g/mol. The van der Waals surface area contributed by atoms with Crippen LogP contribution in [0.25, 0.3) is 0 Å².